The van der Waals surface area contributed by atoms with Crippen LogP contribution in [0.4, 0.5) is 11.6 Å². The van der Waals surface area contributed by atoms with Crippen molar-refractivity contribution < 1.29 is 4.92 Å². The molecule has 124 valence electrons. The molecule has 0 aliphatic heterocycles. The second kappa shape index (κ2) is 5.91. The number of nitrogen functional groups attached to an aromatic ring is 1. The van der Waals surface area contributed by atoms with E-state index in [9.17, 15) is 10.1 Å². The van der Waals surface area contributed by atoms with E-state index in [0.717, 1.165) is 16.0 Å². The number of benzene rings is 1. The molecule has 2 N–H and O–H groups in total. The van der Waals surface area contributed by atoms with Crippen molar-refractivity contribution in [3.63, 3.8) is 0 Å². The smallest absolute Gasteiger partial charge is 0.269 e. The van der Waals surface area contributed by atoms with Gasteiger partial charge in [-0.25, -0.2) is 14.6 Å². The van der Waals surface area contributed by atoms with E-state index >= 15 is 0 Å². The van der Waals surface area contributed by atoms with Gasteiger partial charge in [0, 0.05) is 23.7 Å². The number of thiazole rings is 1. The third-order valence-electron chi connectivity index (χ3n) is 3.60. The maximum absolute atomic E-state index is 10.9. The van der Waals surface area contributed by atoms with E-state index < -0.39 is 4.92 Å². The fourth-order valence-electron chi connectivity index (χ4n) is 2.53. The van der Waals surface area contributed by atoms with Gasteiger partial charge in [-0.05, 0) is 5.56 Å². The summed E-state index contributed by atoms with van der Waals surface area (Å²) in [6.45, 7) is 0.332. The molecule has 0 aliphatic carbocycles. The lowest BCUT2D eigenvalue weighted by Crippen LogP contribution is -2.05. The number of rotatable bonds is 4. The van der Waals surface area contributed by atoms with Gasteiger partial charge < -0.3 is 5.73 Å². The number of hydrogen-bond acceptors (Lipinski definition) is 8. The Morgan fingerprint density at radius 3 is 2.96 bits per heavy atom. The number of aromatic nitrogens is 5. The molecule has 0 saturated heterocycles. The summed E-state index contributed by atoms with van der Waals surface area (Å²) < 4.78 is 1.64. The summed E-state index contributed by atoms with van der Waals surface area (Å²) in [5.74, 6) is 0.124. The Hall–Kier alpha value is -3.40. The third-order valence-corrected chi connectivity index (χ3v) is 4.38. The van der Waals surface area contributed by atoms with Crippen LogP contribution in [0.25, 0.3) is 21.7 Å². The zero-order valence-corrected chi connectivity index (χ0v) is 13.6. The van der Waals surface area contributed by atoms with E-state index in [1.807, 2.05) is 5.38 Å². The van der Waals surface area contributed by atoms with E-state index in [-0.39, 0.29) is 11.6 Å². The molecule has 0 bridgehead atoms. The monoisotopic (exact) mass is 353 g/mol. The first-order valence-corrected chi connectivity index (χ1v) is 8.12. The van der Waals surface area contributed by atoms with Gasteiger partial charge in [-0.15, -0.1) is 11.3 Å². The quantitative estimate of drug-likeness (QED) is 0.441. The minimum Gasteiger partial charge on any atom is -0.368 e. The number of hydrogen-bond donors (Lipinski definition) is 1. The number of nitro groups is 1. The number of fused-ring (bicyclic) bond motifs is 1. The van der Waals surface area contributed by atoms with Gasteiger partial charge in [-0.3, -0.25) is 10.1 Å². The minimum atomic E-state index is -0.425. The average molecular weight is 353 g/mol. The second-order valence-electron chi connectivity index (χ2n) is 5.23. The van der Waals surface area contributed by atoms with Crippen molar-refractivity contribution in [3.05, 3.63) is 57.7 Å². The minimum absolute atomic E-state index is 0.0339. The fourth-order valence-corrected chi connectivity index (χ4v) is 3.17. The van der Waals surface area contributed by atoms with Crippen LogP contribution in [0.5, 0.6) is 0 Å². The SMILES string of the molecule is Nc1nc(-c2nccs2)c2cnn(Cc3cccc([N+](=O)[O-])c3)c2n1. The van der Waals surface area contributed by atoms with Gasteiger partial charge in [0.2, 0.25) is 5.95 Å². The van der Waals surface area contributed by atoms with E-state index in [1.165, 1.54) is 23.5 Å². The summed E-state index contributed by atoms with van der Waals surface area (Å²) in [5.41, 5.74) is 7.80. The first-order valence-electron chi connectivity index (χ1n) is 7.24. The molecule has 0 saturated carbocycles. The largest absolute Gasteiger partial charge is 0.368 e. The van der Waals surface area contributed by atoms with E-state index in [1.54, 1.807) is 29.2 Å². The molecule has 0 amide bonds. The zero-order chi connectivity index (χ0) is 17.4. The van der Waals surface area contributed by atoms with Crippen LogP contribution in [-0.4, -0.2) is 29.7 Å². The van der Waals surface area contributed by atoms with Crippen molar-refractivity contribution in [2.24, 2.45) is 0 Å². The van der Waals surface area contributed by atoms with Gasteiger partial charge in [0.15, 0.2) is 5.65 Å². The maximum atomic E-state index is 10.9. The van der Waals surface area contributed by atoms with Gasteiger partial charge in [-0.1, -0.05) is 12.1 Å². The number of nitrogens with two attached hydrogens (primary N) is 1. The van der Waals surface area contributed by atoms with Gasteiger partial charge in [0.25, 0.3) is 5.69 Å². The predicted molar refractivity (Wildman–Crippen MR) is 93.0 cm³/mol. The molecule has 0 radical (unpaired) electrons. The van der Waals surface area contributed by atoms with Crippen LogP contribution < -0.4 is 5.73 Å². The molecule has 9 nitrogen and oxygen atoms in total. The van der Waals surface area contributed by atoms with Crippen LogP contribution in [0.15, 0.2) is 42.0 Å². The van der Waals surface area contributed by atoms with E-state index in [0.29, 0.717) is 17.9 Å². The highest BCUT2D eigenvalue weighted by molar-refractivity contribution is 7.13. The summed E-state index contributed by atoms with van der Waals surface area (Å²) in [4.78, 5) is 23.3. The lowest BCUT2D eigenvalue weighted by atomic mass is 10.2. The van der Waals surface area contributed by atoms with Crippen molar-refractivity contribution >= 4 is 34.0 Å². The summed E-state index contributed by atoms with van der Waals surface area (Å²) in [6, 6.07) is 6.40. The molecule has 0 fully saturated rings. The summed E-state index contributed by atoms with van der Waals surface area (Å²) in [7, 11) is 0. The van der Waals surface area contributed by atoms with Crippen molar-refractivity contribution in [2.45, 2.75) is 6.54 Å². The average Bonchev–Trinajstić information content (AvgIpc) is 3.25. The van der Waals surface area contributed by atoms with Crippen molar-refractivity contribution in [1.29, 1.82) is 0 Å². The van der Waals surface area contributed by atoms with Crippen LogP contribution in [0.3, 0.4) is 0 Å². The number of nitrogens with zero attached hydrogens (tertiary/aromatic N) is 6. The Kier molecular flexibility index (Phi) is 3.58. The highest BCUT2D eigenvalue weighted by Gasteiger charge is 2.16. The molecule has 4 aromatic rings. The summed E-state index contributed by atoms with van der Waals surface area (Å²) in [6.07, 6.45) is 3.35. The second-order valence-corrected chi connectivity index (χ2v) is 6.13. The maximum Gasteiger partial charge on any atom is 0.269 e. The molecule has 3 aromatic heterocycles. The molecule has 3 heterocycles. The molecule has 0 aliphatic rings. The van der Waals surface area contributed by atoms with Crippen molar-refractivity contribution in [1.82, 2.24) is 24.7 Å². The van der Waals surface area contributed by atoms with Gasteiger partial charge in [0.05, 0.1) is 23.1 Å². The first kappa shape index (κ1) is 15.1. The predicted octanol–water partition coefficient (Wildman–Crippen LogP) is 2.49. The van der Waals surface area contributed by atoms with Gasteiger partial charge in [0.1, 0.15) is 10.7 Å². The van der Waals surface area contributed by atoms with Crippen LogP contribution in [0, 0.1) is 10.1 Å². The van der Waals surface area contributed by atoms with Crippen LogP contribution in [0.2, 0.25) is 0 Å². The van der Waals surface area contributed by atoms with Gasteiger partial charge in [-0.2, -0.15) is 10.1 Å². The highest BCUT2D eigenvalue weighted by Crippen LogP contribution is 2.28. The molecule has 1 aromatic carbocycles. The summed E-state index contributed by atoms with van der Waals surface area (Å²) >= 11 is 1.45. The van der Waals surface area contributed by atoms with Crippen LogP contribution in [0.1, 0.15) is 5.56 Å². The van der Waals surface area contributed by atoms with Crippen LogP contribution in [-0.2, 0) is 6.54 Å². The van der Waals surface area contributed by atoms with Crippen molar-refractivity contribution in [2.75, 3.05) is 5.73 Å². The van der Waals surface area contributed by atoms with E-state index in [2.05, 4.69) is 20.1 Å². The van der Waals surface area contributed by atoms with Gasteiger partial charge >= 0.3 is 0 Å². The molecule has 25 heavy (non-hydrogen) atoms. The lowest BCUT2D eigenvalue weighted by molar-refractivity contribution is -0.384. The number of nitro benzene ring substituents is 1. The first-order chi connectivity index (χ1) is 12.1. The molecular formula is C15H11N7O2S. The molecular weight excluding hydrogens is 342 g/mol. The molecule has 0 unspecified atom stereocenters. The fraction of sp³-hybridized carbons (Fsp3) is 0.0667. The Morgan fingerprint density at radius 1 is 1.32 bits per heavy atom. The Bertz CT molecular complexity index is 1070. The Labute approximate surface area is 144 Å². The molecule has 0 spiro atoms. The third kappa shape index (κ3) is 2.78. The normalized spacial score (nSPS) is 11.0. The molecule has 4 rings (SSSR count). The van der Waals surface area contributed by atoms with Crippen LogP contribution >= 0.6 is 11.3 Å². The van der Waals surface area contributed by atoms with Crippen molar-refractivity contribution in [3.8, 4) is 10.7 Å². The molecule has 0 atom stereocenters. The summed E-state index contributed by atoms with van der Waals surface area (Å²) in [5, 5.41) is 18.6. The standard InChI is InChI=1S/C15H11N7O2S/c16-15-19-12(14-17-4-5-25-14)11-7-18-21(13(11)20-15)8-9-2-1-3-10(6-9)22(23)24/h1-7H,8H2,(H2,16,19,20). The highest BCUT2D eigenvalue weighted by atomic mass is 32.1. The van der Waals surface area contributed by atoms with E-state index in [4.69, 9.17) is 5.73 Å². The number of non-ortho nitro benzene ring substituents is 1. The molecule has 10 heteroatoms. The Balaban J connectivity index is 1.79. The Morgan fingerprint density at radius 2 is 2.20 bits per heavy atom. The zero-order valence-electron chi connectivity index (χ0n) is 12.7. The number of anilines is 1. The topological polar surface area (TPSA) is 126 Å². The lowest BCUT2D eigenvalue weighted by Gasteiger charge is -2.05.